The van der Waals surface area contributed by atoms with Crippen LogP contribution in [-0.2, 0) is 0 Å². The average Bonchev–Trinajstić information content (AvgIpc) is 3.01. The molecule has 0 saturated heterocycles. The number of hydrogen-bond donors (Lipinski definition) is 0. The topological polar surface area (TPSA) is 26.5 Å². The highest BCUT2D eigenvalue weighted by molar-refractivity contribution is 5.81. The van der Waals surface area contributed by atoms with E-state index < -0.39 is 0 Å². The number of ether oxygens (including phenoxy) is 1. The van der Waals surface area contributed by atoms with Crippen LogP contribution in [0.3, 0.4) is 0 Å². The molecule has 0 spiro atoms. The monoisotopic (exact) mass is 294 g/mol. The van der Waals surface area contributed by atoms with Gasteiger partial charge in [-0.05, 0) is 54.6 Å². The largest absolute Gasteiger partial charge is 0.497 e. The van der Waals surface area contributed by atoms with E-state index in [2.05, 4.69) is 4.99 Å². The summed E-state index contributed by atoms with van der Waals surface area (Å²) in [5.74, 6) is 0.520. The maximum absolute atomic E-state index is 13.2. The molecule has 0 radical (unpaired) electrons. The van der Waals surface area contributed by atoms with Crippen LogP contribution in [0.25, 0.3) is 5.69 Å². The molecule has 0 N–H and O–H groups in total. The van der Waals surface area contributed by atoms with Crippen molar-refractivity contribution in [3.8, 4) is 11.4 Å². The number of methoxy groups -OCH3 is 1. The van der Waals surface area contributed by atoms with E-state index in [4.69, 9.17) is 4.74 Å². The summed E-state index contributed by atoms with van der Waals surface area (Å²) < 4.78 is 20.3. The second-order valence-electron chi connectivity index (χ2n) is 4.74. The Morgan fingerprint density at radius 3 is 2.59 bits per heavy atom. The van der Waals surface area contributed by atoms with Crippen LogP contribution in [0.1, 0.15) is 5.69 Å². The fourth-order valence-corrected chi connectivity index (χ4v) is 2.17. The molecule has 0 fully saturated rings. The van der Waals surface area contributed by atoms with Gasteiger partial charge in [-0.3, -0.25) is 4.99 Å². The lowest BCUT2D eigenvalue weighted by molar-refractivity contribution is 0.415. The summed E-state index contributed by atoms with van der Waals surface area (Å²) in [5.41, 5.74) is 2.50. The van der Waals surface area contributed by atoms with Crippen LogP contribution < -0.4 is 4.74 Å². The molecule has 22 heavy (non-hydrogen) atoms. The van der Waals surface area contributed by atoms with Crippen LogP contribution in [0.15, 0.2) is 71.9 Å². The standard InChI is InChI=1S/C18H15FN2O/c1-22-18-9-7-16(8-10-18)21-11-3-6-17(21)13-20-15-5-2-4-14(19)12-15/h2-13H,1H3. The molecule has 0 amide bonds. The second kappa shape index (κ2) is 6.26. The Balaban J connectivity index is 1.88. The molecule has 3 rings (SSSR count). The Labute approximate surface area is 128 Å². The number of rotatable bonds is 4. The summed E-state index contributed by atoms with van der Waals surface area (Å²) in [6.07, 6.45) is 3.67. The van der Waals surface area contributed by atoms with E-state index in [1.54, 1.807) is 25.5 Å². The summed E-state index contributed by atoms with van der Waals surface area (Å²) in [6.45, 7) is 0. The number of aromatic nitrogens is 1. The van der Waals surface area contributed by atoms with E-state index in [0.29, 0.717) is 5.69 Å². The Morgan fingerprint density at radius 2 is 1.86 bits per heavy atom. The van der Waals surface area contributed by atoms with E-state index in [-0.39, 0.29) is 5.82 Å². The van der Waals surface area contributed by atoms with Gasteiger partial charge in [0, 0.05) is 11.9 Å². The van der Waals surface area contributed by atoms with Gasteiger partial charge < -0.3 is 9.30 Å². The van der Waals surface area contributed by atoms with Gasteiger partial charge in [0.1, 0.15) is 11.6 Å². The van der Waals surface area contributed by atoms with Gasteiger partial charge in [0.2, 0.25) is 0 Å². The Hall–Kier alpha value is -2.88. The summed E-state index contributed by atoms with van der Waals surface area (Å²) in [7, 11) is 1.64. The maximum atomic E-state index is 13.2. The molecule has 1 aromatic heterocycles. The van der Waals surface area contributed by atoms with Crippen LogP contribution >= 0.6 is 0 Å². The smallest absolute Gasteiger partial charge is 0.125 e. The Morgan fingerprint density at radius 1 is 1.05 bits per heavy atom. The molecule has 3 aromatic rings. The highest BCUT2D eigenvalue weighted by Crippen LogP contribution is 2.18. The lowest BCUT2D eigenvalue weighted by atomic mass is 10.3. The molecular formula is C18H15FN2O. The Bertz CT molecular complexity index is 791. The first-order valence-electron chi connectivity index (χ1n) is 6.88. The van der Waals surface area contributed by atoms with Crippen molar-refractivity contribution in [2.45, 2.75) is 0 Å². The number of benzene rings is 2. The molecule has 1 heterocycles. The molecule has 0 aliphatic heterocycles. The van der Waals surface area contributed by atoms with Crippen molar-refractivity contribution in [2.24, 2.45) is 4.99 Å². The first-order valence-corrected chi connectivity index (χ1v) is 6.88. The fourth-order valence-electron chi connectivity index (χ4n) is 2.17. The molecule has 4 heteroatoms. The molecular weight excluding hydrogens is 279 g/mol. The van der Waals surface area contributed by atoms with Gasteiger partial charge in [-0.1, -0.05) is 6.07 Å². The fraction of sp³-hybridized carbons (Fsp3) is 0.0556. The lowest BCUT2D eigenvalue weighted by Gasteiger charge is -2.07. The minimum absolute atomic E-state index is 0.291. The first-order chi connectivity index (χ1) is 10.8. The van der Waals surface area contributed by atoms with Crippen LogP contribution in [-0.4, -0.2) is 17.9 Å². The van der Waals surface area contributed by atoms with Gasteiger partial charge in [-0.2, -0.15) is 0 Å². The number of aliphatic imine (C=N–C) groups is 1. The van der Waals surface area contributed by atoms with E-state index in [0.717, 1.165) is 17.1 Å². The predicted octanol–water partition coefficient (Wildman–Crippen LogP) is 4.38. The molecule has 0 saturated carbocycles. The molecule has 3 nitrogen and oxygen atoms in total. The van der Waals surface area contributed by atoms with E-state index in [1.165, 1.54) is 12.1 Å². The zero-order valence-corrected chi connectivity index (χ0v) is 12.1. The van der Waals surface area contributed by atoms with Crippen molar-refractivity contribution >= 4 is 11.9 Å². The third-order valence-corrected chi connectivity index (χ3v) is 3.28. The van der Waals surface area contributed by atoms with Crippen molar-refractivity contribution in [1.82, 2.24) is 4.57 Å². The molecule has 110 valence electrons. The van der Waals surface area contributed by atoms with E-state index in [1.807, 2.05) is 47.2 Å². The quantitative estimate of drug-likeness (QED) is 0.656. The summed E-state index contributed by atoms with van der Waals surface area (Å²) in [5, 5.41) is 0. The van der Waals surface area contributed by atoms with Crippen molar-refractivity contribution in [3.05, 3.63) is 78.4 Å². The van der Waals surface area contributed by atoms with Crippen LogP contribution in [0, 0.1) is 5.82 Å². The number of nitrogens with zero attached hydrogens (tertiary/aromatic N) is 2. The maximum Gasteiger partial charge on any atom is 0.125 e. The first kappa shape index (κ1) is 14.1. The summed E-state index contributed by atoms with van der Waals surface area (Å²) in [6, 6.07) is 17.9. The minimum atomic E-state index is -0.291. The Kier molecular flexibility index (Phi) is 4.01. The molecule has 2 aromatic carbocycles. The van der Waals surface area contributed by atoms with Crippen molar-refractivity contribution in [2.75, 3.05) is 7.11 Å². The SMILES string of the molecule is COc1ccc(-n2cccc2C=Nc2cccc(F)c2)cc1. The van der Waals surface area contributed by atoms with Gasteiger partial charge in [-0.15, -0.1) is 0 Å². The van der Waals surface area contributed by atoms with Gasteiger partial charge in [0.15, 0.2) is 0 Å². The zero-order chi connectivity index (χ0) is 15.4. The van der Waals surface area contributed by atoms with Gasteiger partial charge in [0.05, 0.1) is 24.7 Å². The van der Waals surface area contributed by atoms with Gasteiger partial charge >= 0.3 is 0 Å². The zero-order valence-electron chi connectivity index (χ0n) is 12.1. The van der Waals surface area contributed by atoms with Crippen LogP contribution in [0.2, 0.25) is 0 Å². The predicted molar refractivity (Wildman–Crippen MR) is 86.0 cm³/mol. The molecule has 0 atom stereocenters. The van der Waals surface area contributed by atoms with Crippen molar-refractivity contribution in [3.63, 3.8) is 0 Å². The summed E-state index contributed by atoms with van der Waals surface area (Å²) in [4.78, 5) is 4.32. The third-order valence-electron chi connectivity index (χ3n) is 3.28. The minimum Gasteiger partial charge on any atom is -0.497 e. The molecule has 0 aliphatic carbocycles. The normalized spacial score (nSPS) is 11.0. The average molecular weight is 294 g/mol. The van der Waals surface area contributed by atoms with Crippen LogP contribution in [0.4, 0.5) is 10.1 Å². The third kappa shape index (κ3) is 3.06. The molecule has 0 unspecified atom stereocenters. The summed E-state index contributed by atoms with van der Waals surface area (Å²) >= 11 is 0. The molecule has 0 aliphatic rings. The van der Waals surface area contributed by atoms with Crippen molar-refractivity contribution < 1.29 is 9.13 Å². The van der Waals surface area contributed by atoms with Crippen molar-refractivity contribution in [1.29, 1.82) is 0 Å². The number of halogens is 1. The highest BCUT2D eigenvalue weighted by Gasteiger charge is 2.02. The van der Waals surface area contributed by atoms with Gasteiger partial charge in [-0.25, -0.2) is 4.39 Å². The second-order valence-corrected chi connectivity index (χ2v) is 4.74. The molecule has 0 bridgehead atoms. The highest BCUT2D eigenvalue weighted by atomic mass is 19.1. The van der Waals surface area contributed by atoms with E-state index in [9.17, 15) is 4.39 Å². The van der Waals surface area contributed by atoms with Crippen LogP contribution in [0.5, 0.6) is 5.75 Å². The van der Waals surface area contributed by atoms with E-state index >= 15 is 0 Å². The lowest BCUT2D eigenvalue weighted by Crippen LogP contribution is -1.97. The number of hydrogen-bond acceptors (Lipinski definition) is 2. The van der Waals surface area contributed by atoms with Gasteiger partial charge in [0.25, 0.3) is 0 Å².